The van der Waals surface area contributed by atoms with Crippen LogP contribution in [0.1, 0.15) is 51.4 Å². The molecule has 1 unspecified atom stereocenters. The van der Waals surface area contributed by atoms with Crippen LogP contribution in [-0.2, 0) is 4.79 Å². The summed E-state index contributed by atoms with van der Waals surface area (Å²) in [5.41, 5.74) is 0.360. The van der Waals surface area contributed by atoms with Gasteiger partial charge in [-0.25, -0.2) is 0 Å². The molecule has 1 aliphatic heterocycles. The van der Waals surface area contributed by atoms with Gasteiger partial charge in [0.05, 0.1) is 5.54 Å². The van der Waals surface area contributed by atoms with Crippen molar-refractivity contribution in [3.8, 4) is 0 Å². The van der Waals surface area contributed by atoms with E-state index in [0.717, 1.165) is 25.8 Å². The van der Waals surface area contributed by atoms with Gasteiger partial charge in [-0.3, -0.25) is 4.79 Å². The molecule has 1 N–H and O–H groups in total. The molecular weight excluding hydrogens is 174 g/mol. The summed E-state index contributed by atoms with van der Waals surface area (Å²) in [5.74, 6) is 0.525. The van der Waals surface area contributed by atoms with Crippen LogP contribution < -0.4 is 5.32 Å². The molecule has 0 bridgehead atoms. The van der Waals surface area contributed by atoms with Crippen molar-refractivity contribution in [1.82, 2.24) is 5.32 Å². The summed E-state index contributed by atoms with van der Waals surface area (Å²) < 4.78 is 0. The monoisotopic (exact) mass is 193 g/mol. The zero-order valence-electron chi connectivity index (χ0n) is 8.77. The van der Waals surface area contributed by atoms with Crippen molar-refractivity contribution < 1.29 is 4.79 Å². The highest BCUT2D eigenvalue weighted by atomic mass is 16.1. The molecule has 0 amide bonds. The highest BCUT2D eigenvalue weighted by Crippen LogP contribution is 2.54. The quantitative estimate of drug-likeness (QED) is 0.638. The maximum absolute atomic E-state index is 12.1. The van der Waals surface area contributed by atoms with Crippen LogP contribution in [0.3, 0.4) is 0 Å². The zero-order valence-corrected chi connectivity index (χ0v) is 8.77. The minimum absolute atomic E-state index is 0.0651. The van der Waals surface area contributed by atoms with Gasteiger partial charge in [-0.1, -0.05) is 12.8 Å². The minimum atomic E-state index is -0.0651. The molecule has 3 aliphatic rings. The molecule has 1 heterocycles. The minimum Gasteiger partial charge on any atom is -0.305 e. The molecule has 3 rings (SSSR count). The van der Waals surface area contributed by atoms with Gasteiger partial charge in [-0.15, -0.1) is 0 Å². The average molecular weight is 193 g/mol. The lowest BCUT2D eigenvalue weighted by Gasteiger charge is -2.26. The Morgan fingerprint density at radius 3 is 2.50 bits per heavy atom. The van der Waals surface area contributed by atoms with Crippen molar-refractivity contribution in [3.63, 3.8) is 0 Å². The van der Waals surface area contributed by atoms with E-state index in [2.05, 4.69) is 5.32 Å². The van der Waals surface area contributed by atoms with Gasteiger partial charge in [-0.05, 0) is 44.1 Å². The van der Waals surface area contributed by atoms with Crippen molar-refractivity contribution in [3.05, 3.63) is 0 Å². The fraction of sp³-hybridized carbons (Fsp3) is 0.917. The first kappa shape index (κ1) is 8.90. The van der Waals surface area contributed by atoms with Gasteiger partial charge in [0.2, 0.25) is 0 Å². The lowest BCUT2D eigenvalue weighted by Crippen LogP contribution is -2.43. The second-order valence-corrected chi connectivity index (χ2v) is 5.60. The van der Waals surface area contributed by atoms with Crippen LogP contribution in [0.15, 0.2) is 0 Å². The maximum atomic E-state index is 12.1. The smallest absolute Gasteiger partial charge is 0.153 e. The fourth-order valence-corrected chi connectivity index (χ4v) is 3.98. The number of nitrogens with one attached hydrogen (secondary N) is 1. The zero-order chi connectivity index (χ0) is 9.65. The summed E-state index contributed by atoms with van der Waals surface area (Å²) in [5, 5.41) is 3.48. The third-order valence-electron chi connectivity index (χ3n) is 4.65. The number of carbonyl (C=O) groups excluding carboxylic acids is 1. The normalized spacial score (nSPS) is 40.4. The first-order chi connectivity index (χ1) is 6.75. The topological polar surface area (TPSA) is 29.1 Å². The number of rotatable bonds is 0. The summed E-state index contributed by atoms with van der Waals surface area (Å²) in [4.78, 5) is 12.1. The van der Waals surface area contributed by atoms with E-state index in [1.165, 1.54) is 32.1 Å². The summed E-state index contributed by atoms with van der Waals surface area (Å²) >= 11 is 0. The highest BCUT2D eigenvalue weighted by Gasteiger charge is 2.55. The Labute approximate surface area is 85.4 Å². The van der Waals surface area contributed by atoms with E-state index in [-0.39, 0.29) is 5.54 Å². The van der Waals surface area contributed by atoms with E-state index in [1.807, 2.05) is 0 Å². The predicted octanol–water partition coefficient (Wildman–Crippen LogP) is 2.03. The van der Waals surface area contributed by atoms with Crippen LogP contribution in [0.5, 0.6) is 0 Å². The molecule has 2 nitrogen and oxygen atoms in total. The van der Waals surface area contributed by atoms with Gasteiger partial charge in [0.1, 0.15) is 0 Å². The molecule has 3 fully saturated rings. The van der Waals surface area contributed by atoms with E-state index >= 15 is 0 Å². The third-order valence-corrected chi connectivity index (χ3v) is 4.65. The standard InChI is InChI=1S/C12H19NO/c14-10-8-11(4-1-2-5-11)9-12(10)6-3-7-13-12/h13H,1-9H2. The third kappa shape index (κ3) is 1.10. The molecule has 14 heavy (non-hydrogen) atoms. The van der Waals surface area contributed by atoms with Gasteiger partial charge in [0.25, 0.3) is 0 Å². The van der Waals surface area contributed by atoms with Crippen molar-refractivity contribution in [2.24, 2.45) is 5.41 Å². The Balaban J connectivity index is 1.86. The van der Waals surface area contributed by atoms with Crippen LogP contribution >= 0.6 is 0 Å². The van der Waals surface area contributed by atoms with Gasteiger partial charge in [-0.2, -0.15) is 0 Å². The van der Waals surface area contributed by atoms with E-state index in [0.29, 0.717) is 11.2 Å². The van der Waals surface area contributed by atoms with Gasteiger partial charge in [0.15, 0.2) is 5.78 Å². The molecule has 0 aromatic heterocycles. The van der Waals surface area contributed by atoms with Crippen molar-refractivity contribution in [1.29, 1.82) is 0 Å². The molecule has 2 spiro atoms. The summed E-state index contributed by atoms with van der Waals surface area (Å²) in [6.07, 6.45) is 9.64. The molecule has 0 aromatic rings. The van der Waals surface area contributed by atoms with Crippen LogP contribution in [0, 0.1) is 5.41 Å². The van der Waals surface area contributed by atoms with Crippen molar-refractivity contribution in [2.75, 3.05) is 6.54 Å². The Kier molecular flexibility index (Phi) is 1.79. The first-order valence-corrected chi connectivity index (χ1v) is 6.03. The number of hydrogen-bond acceptors (Lipinski definition) is 2. The molecule has 1 atom stereocenters. The van der Waals surface area contributed by atoms with Crippen molar-refractivity contribution in [2.45, 2.75) is 56.9 Å². The van der Waals surface area contributed by atoms with E-state index in [1.54, 1.807) is 0 Å². The van der Waals surface area contributed by atoms with E-state index in [4.69, 9.17) is 0 Å². The maximum Gasteiger partial charge on any atom is 0.153 e. The molecule has 1 saturated heterocycles. The number of Topliss-reactive ketones (excluding diaryl/α,β-unsaturated/α-hetero) is 1. The van der Waals surface area contributed by atoms with Gasteiger partial charge in [0, 0.05) is 6.42 Å². The number of hydrogen-bond donors (Lipinski definition) is 1. The summed E-state index contributed by atoms with van der Waals surface area (Å²) in [7, 11) is 0. The van der Waals surface area contributed by atoms with Gasteiger partial charge < -0.3 is 5.32 Å². The van der Waals surface area contributed by atoms with Gasteiger partial charge >= 0.3 is 0 Å². The Bertz CT molecular complexity index is 259. The fourth-order valence-electron chi connectivity index (χ4n) is 3.98. The lowest BCUT2D eigenvalue weighted by atomic mass is 9.82. The second-order valence-electron chi connectivity index (χ2n) is 5.60. The van der Waals surface area contributed by atoms with Crippen LogP contribution in [0.25, 0.3) is 0 Å². The average Bonchev–Trinajstić information content (AvgIpc) is 2.81. The molecular formula is C12H19NO. The summed E-state index contributed by atoms with van der Waals surface area (Å²) in [6, 6.07) is 0. The Morgan fingerprint density at radius 2 is 1.86 bits per heavy atom. The number of carbonyl (C=O) groups is 1. The number of ketones is 1. The molecule has 2 aliphatic carbocycles. The molecule has 78 valence electrons. The lowest BCUT2D eigenvalue weighted by molar-refractivity contribution is -0.122. The Hall–Kier alpha value is -0.370. The van der Waals surface area contributed by atoms with Crippen molar-refractivity contribution >= 4 is 5.78 Å². The highest BCUT2D eigenvalue weighted by molar-refractivity contribution is 5.91. The molecule has 2 saturated carbocycles. The van der Waals surface area contributed by atoms with E-state index < -0.39 is 0 Å². The van der Waals surface area contributed by atoms with Crippen LogP contribution in [0.4, 0.5) is 0 Å². The van der Waals surface area contributed by atoms with E-state index in [9.17, 15) is 4.79 Å². The predicted molar refractivity (Wildman–Crippen MR) is 55.1 cm³/mol. The molecule has 0 aromatic carbocycles. The second kappa shape index (κ2) is 2.82. The summed E-state index contributed by atoms with van der Waals surface area (Å²) in [6.45, 7) is 1.06. The Morgan fingerprint density at radius 1 is 1.07 bits per heavy atom. The first-order valence-electron chi connectivity index (χ1n) is 6.03. The largest absolute Gasteiger partial charge is 0.305 e. The van der Waals surface area contributed by atoms with Crippen LogP contribution in [-0.4, -0.2) is 17.9 Å². The molecule has 0 radical (unpaired) electrons. The van der Waals surface area contributed by atoms with Crippen LogP contribution in [0.2, 0.25) is 0 Å². The molecule has 2 heteroatoms. The SMILES string of the molecule is O=C1CC2(CCCC2)CC12CCCN2.